The van der Waals surface area contributed by atoms with Crippen LogP contribution in [0.1, 0.15) is 15.9 Å². The molecule has 9 nitrogen and oxygen atoms in total. The summed E-state index contributed by atoms with van der Waals surface area (Å²) < 4.78 is 1.39. The standard InChI is InChI=1S/C22H15N5O4S/c28-20(15-7-6-8-16(13-15)27(30)31)25-23-14-18-21(32-17-9-2-1-3-10-17)24-19-11-4-5-12-26(19)22(18)29/h1-14H,(H,25,28)/b23-14-. The normalized spacial score (nSPS) is 11.0. The number of nitro benzene ring substituents is 1. The van der Waals surface area contributed by atoms with Crippen molar-refractivity contribution in [3.63, 3.8) is 0 Å². The number of hydrazone groups is 1. The van der Waals surface area contributed by atoms with Crippen molar-refractivity contribution in [3.8, 4) is 0 Å². The maximum Gasteiger partial charge on any atom is 0.271 e. The van der Waals surface area contributed by atoms with Gasteiger partial charge in [0.25, 0.3) is 17.2 Å². The summed E-state index contributed by atoms with van der Waals surface area (Å²) in [6.45, 7) is 0. The van der Waals surface area contributed by atoms with E-state index in [1.54, 1.807) is 24.4 Å². The molecule has 2 aromatic heterocycles. The van der Waals surface area contributed by atoms with Crippen LogP contribution in [0.4, 0.5) is 5.69 Å². The Morgan fingerprint density at radius 3 is 2.66 bits per heavy atom. The summed E-state index contributed by atoms with van der Waals surface area (Å²) in [5, 5.41) is 15.2. The Morgan fingerprint density at radius 1 is 1.09 bits per heavy atom. The number of rotatable bonds is 6. The number of fused-ring (bicyclic) bond motifs is 1. The molecule has 0 aliphatic heterocycles. The molecule has 1 N–H and O–H groups in total. The monoisotopic (exact) mass is 445 g/mol. The van der Waals surface area contributed by atoms with Gasteiger partial charge in [0, 0.05) is 28.8 Å². The zero-order valence-corrected chi connectivity index (χ0v) is 17.2. The molecule has 0 unspecified atom stereocenters. The summed E-state index contributed by atoms with van der Waals surface area (Å²) in [5.74, 6) is -0.643. The van der Waals surface area contributed by atoms with Gasteiger partial charge in [0.15, 0.2) is 0 Å². The highest BCUT2D eigenvalue weighted by Crippen LogP contribution is 2.27. The van der Waals surface area contributed by atoms with Crippen LogP contribution in [0.15, 0.2) is 98.8 Å². The summed E-state index contributed by atoms with van der Waals surface area (Å²) in [6, 6.07) is 19.9. The van der Waals surface area contributed by atoms with Gasteiger partial charge in [-0.1, -0.05) is 42.1 Å². The van der Waals surface area contributed by atoms with E-state index in [0.29, 0.717) is 10.7 Å². The summed E-state index contributed by atoms with van der Waals surface area (Å²) in [5.41, 5.74) is 2.50. The van der Waals surface area contributed by atoms with Crippen LogP contribution >= 0.6 is 11.8 Å². The highest BCUT2D eigenvalue weighted by Gasteiger charge is 2.14. The van der Waals surface area contributed by atoms with Gasteiger partial charge >= 0.3 is 0 Å². The summed E-state index contributed by atoms with van der Waals surface area (Å²) in [4.78, 5) is 41.1. The number of nitrogens with one attached hydrogen (secondary N) is 1. The van der Waals surface area contributed by atoms with Crippen LogP contribution in [0.25, 0.3) is 5.65 Å². The third-order valence-electron chi connectivity index (χ3n) is 4.37. The Morgan fingerprint density at radius 2 is 1.88 bits per heavy atom. The van der Waals surface area contributed by atoms with Crippen molar-refractivity contribution >= 4 is 35.2 Å². The Hall–Kier alpha value is -4.31. The number of carbonyl (C=O) groups excluding carboxylic acids is 1. The number of hydrogen-bond acceptors (Lipinski definition) is 7. The third kappa shape index (κ3) is 4.55. The maximum atomic E-state index is 13.0. The van der Waals surface area contributed by atoms with Crippen LogP contribution in [0.5, 0.6) is 0 Å². The molecule has 0 atom stereocenters. The van der Waals surface area contributed by atoms with Crippen LogP contribution < -0.4 is 11.0 Å². The van der Waals surface area contributed by atoms with Gasteiger partial charge in [0.05, 0.1) is 16.7 Å². The molecule has 0 saturated heterocycles. The molecule has 4 rings (SSSR count). The molecule has 0 spiro atoms. The molecule has 0 saturated carbocycles. The maximum absolute atomic E-state index is 13.0. The van der Waals surface area contributed by atoms with E-state index in [1.165, 1.54) is 40.6 Å². The Kier molecular flexibility index (Phi) is 6.04. The fourth-order valence-corrected chi connectivity index (χ4v) is 3.76. The largest absolute Gasteiger partial charge is 0.271 e. The molecule has 0 bridgehead atoms. The first kappa shape index (κ1) is 20.9. The van der Waals surface area contributed by atoms with Crippen molar-refractivity contribution in [2.75, 3.05) is 0 Å². The van der Waals surface area contributed by atoms with Crippen molar-refractivity contribution in [1.82, 2.24) is 14.8 Å². The fourth-order valence-electron chi connectivity index (χ4n) is 2.85. The van der Waals surface area contributed by atoms with Crippen molar-refractivity contribution in [2.45, 2.75) is 9.92 Å². The molecule has 32 heavy (non-hydrogen) atoms. The molecule has 4 aromatic rings. The summed E-state index contributed by atoms with van der Waals surface area (Å²) in [7, 11) is 0. The van der Waals surface area contributed by atoms with Gasteiger partial charge in [-0.25, -0.2) is 10.4 Å². The first-order chi connectivity index (χ1) is 15.5. The summed E-state index contributed by atoms with van der Waals surface area (Å²) >= 11 is 1.30. The molecule has 1 amide bonds. The predicted molar refractivity (Wildman–Crippen MR) is 120 cm³/mol. The number of benzene rings is 2. The first-order valence-electron chi connectivity index (χ1n) is 9.35. The smallest absolute Gasteiger partial charge is 0.268 e. The molecule has 0 aliphatic carbocycles. The SMILES string of the molecule is O=C(N/N=C\c1c(Sc2ccccc2)nc2ccccn2c1=O)c1cccc([N+](=O)[O-])c1. The molecule has 158 valence electrons. The van der Waals surface area contributed by atoms with Gasteiger partial charge in [-0.2, -0.15) is 5.10 Å². The van der Waals surface area contributed by atoms with E-state index in [0.717, 1.165) is 11.0 Å². The average molecular weight is 445 g/mol. The zero-order chi connectivity index (χ0) is 22.5. The Balaban J connectivity index is 1.66. The molecule has 0 radical (unpaired) electrons. The van der Waals surface area contributed by atoms with Gasteiger partial charge in [0.1, 0.15) is 10.7 Å². The lowest BCUT2D eigenvalue weighted by Crippen LogP contribution is -2.23. The second kappa shape index (κ2) is 9.23. The Bertz CT molecular complexity index is 1400. The van der Waals surface area contributed by atoms with Crippen molar-refractivity contribution in [2.24, 2.45) is 5.10 Å². The minimum absolute atomic E-state index is 0.0728. The van der Waals surface area contributed by atoms with Crippen LogP contribution in [-0.2, 0) is 0 Å². The number of hydrogen-bond donors (Lipinski definition) is 1. The van der Waals surface area contributed by atoms with E-state index in [4.69, 9.17) is 0 Å². The number of aromatic nitrogens is 2. The van der Waals surface area contributed by atoms with E-state index in [-0.39, 0.29) is 22.4 Å². The quantitative estimate of drug-likeness (QED) is 0.210. The average Bonchev–Trinajstić information content (AvgIpc) is 2.81. The predicted octanol–water partition coefficient (Wildman–Crippen LogP) is 3.52. The van der Waals surface area contributed by atoms with E-state index in [1.807, 2.05) is 30.3 Å². The first-order valence-corrected chi connectivity index (χ1v) is 10.2. The highest BCUT2D eigenvalue weighted by atomic mass is 32.2. The highest BCUT2D eigenvalue weighted by molar-refractivity contribution is 7.99. The molecular formula is C22H15N5O4S. The number of carbonyl (C=O) groups is 1. The van der Waals surface area contributed by atoms with Crippen LogP contribution in [0.2, 0.25) is 0 Å². The van der Waals surface area contributed by atoms with E-state index < -0.39 is 10.8 Å². The number of pyridine rings is 1. The molecule has 0 fully saturated rings. The molecule has 10 heteroatoms. The van der Waals surface area contributed by atoms with Crippen molar-refractivity contribution in [1.29, 1.82) is 0 Å². The zero-order valence-electron chi connectivity index (χ0n) is 16.4. The number of amides is 1. The fraction of sp³-hybridized carbons (Fsp3) is 0. The minimum atomic E-state index is -0.643. The van der Waals surface area contributed by atoms with Gasteiger partial charge in [-0.05, 0) is 30.3 Å². The van der Waals surface area contributed by atoms with E-state index in [2.05, 4.69) is 15.5 Å². The molecule has 0 aliphatic rings. The van der Waals surface area contributed by atoms with E-state index in [9.17, 15) is 19.7 Å². The van der Waals surface area contributed by atoms with Gasteiger partial charge in [-0.15, -0.1) is 0 Å². The van der Waals surface area contributed by atoms with Crippen LogP contribution in [-0.4, -0.2) is 26.4 Å². The van der Waals surface area contributed by atoms with Gasteiger partial charge in [-0.3, -0.25) is 24.1 Å². The number of nitro groups is 1. The molecular weight excluding hydrogens is 430 g/mol. The Labute approximate surface area is 185 Å². The van der Waals surface area contributed by atoms with Gasteiger partial charge < -0.3 is 0 Å². The molecule has 2 heterocycles. The van der Waals surface area contributed by atoms with Crippen molar-refractivity contribution < 1.29 is 9.72 Å². The number of nitrogens with zero attached hydrogens (tertiary/aromatic N) is 4. The second-order valence-corrected chi connectivity index (χ2v) is 7.55. The second-order valence-electron chi connectivity index (χ2n) is 6.49. The van der Waals surface area contributed by atoms with Gasteiger partial charge in [0.2, 0.25) is 0 Å². The number of non-ortho nitro benzene ring substituents is 1. The lowest BCUT2D eigenvalue weighted by molar-refractivity contribution is -0.384. The molecule has 2 aromatic carbocycles. The third-order valence-corrected chi connectivity index (χ3v) is 5.38. The van der Waals surface area contributed by atoms with Crippen LogP contribution in [0.3, 0.4) is 0 Å². The summed E-state index contributed by atoms with van der Waals surface area (Å²) in [6.07, 6.45) is 2.83. The van der Waals surface area contributed by atoms with E-state index >= 15 is 0 Å². The lowest BCUT2D eigenvalue weighted by atomic mass is 10.2. The van der Waals surface area contributed by atoms with Crippen LogP contribution in [0, 0.1) is 10.1 Å². The lowest BCUT2D eigenvalue weighted by Gasteiger charge is -2.08. The topological polar surface area (TPSA) is 119 Å². The minimum Gasteiger partial charge on any atom is -0.268 e. The van der Waals surface area contributed by atoms with Crippen molar-refractivity contribution in [3.05, 3.63) is 111 Å².